The molecular weight excluding hydrogens is 446 g/mol. The molecule has 166 valence electrons. The maximum atomic E-state index is 6.25. The Morgan fingerprint density at radius 1 is 1.00 bits per heavy atom. The molecule has 10 heteroatoms. The van der Waals surface area contributed by atoms with Crippen molar-refractivity contribution in [3.8, 4) is 39.2 Å². The number of ether oxygens (including phenoxy) is 3. The molecule has 0 bridgehead atoms. The Morgan fingerprint density at radius 2 is 1.75 bits per heavy atom. The zero-order chi connectivity index (χ0) is 22.5. The van der Waals surface area contributed by atoms with Crippen molar-refractivity contribution < 1.29 is 14.2 Å². The summed E-state index contributed by atoms with van der Waals surface area (Å²) in [5.41, 5.74) is 2.79. The number of nitrogen functional groups attached to an aromatic ring is 1. The van der Waals surface area contributed by atoms with Crippen LogP contribution in [-0.2, 0) is 5.75 Å². The SMILES string of the molecule is CCOc1ccc(-c2nnc(SCc3csc(-c4ccc(OC)c(OC)c4)n3)n2N)cc1. The smallest absolute Gasteiger partial charge is 0.210 e. The van der Waals surface area contributed by atoms with E-state index in [9.17, 15) is 0 Å². The Bertz CT molecular complexity index is 1190. The van der Waals surface area contributed by atoms with Crippen LogP contribution in [0, 0.1) is 0 Å². The van der Waals surface area contributed by atoms with Gasteiger partial charge in [0.05, 0.1) is 26.5 Å². The molecule has 4 rings (SSSR count). The average molecular weight is 470 g/mol. The highest BCUT2D eigenvalue weighted by Gasteiger charge is 2.14. The lowest BCUT2D eigenvalue weighted by atomic mass is 10.2. The minimum absolute atomic E-state index is 0.597. The third-order valence-corrected chi connectivity index (χ3v) is 6.54. The lowest BCUT2D eigenvalue weighted by Gasteiger charge is -2.08. The van der Waals surface area contributed by atoms with Crippen molar-refractivity contribution in [2.75, 3.05) is 26.7 Å². The second kappa shape index (κ2) is 9.92. The number of aromatic nitrogens is 4. The molecule has 0 aliphatic carbocycles. The summed E-state index contributed by atoms with van der Waals surface area (Å²) in [6, 6.07) is 13.4. The van der Waals surface area contributed by atoms with Gasteiger partial charge in [0, 0.05) is 22.3 Å². The van der Waals surface area contributed by atoms with Crippen molar-refractivity contribution in [1.82, 2.24) is 19.9 Å². The third-order valence-electron chi connectivity index (χ3n) is 4.62. The van der Waals surface area contributed by atoms with Gasteiger partial charge in [-0.2, -0.15) is 0 Å². The Balaban J connectivity index is 1.44. The van der Waals surface area contributed by atoms with E-state index >= 15 is 0 Å². The van der Waals surface area contributed by atoms with Crippen molar-refractivity contribution in [3.05, 3.63) is 53.5 Å². The highest BCUT2D eigenvalue weighted by molar-refractivity contribution is 7.98. The molecule has 0 fully saturated rings. The van der Waals surface area contributed by atoms with Crippen molar-refractivity contribution in [3.63, 3.8) is 0 Å². The first-order valence-electron chi connectivity index (χ1n) is 9.86. The van der Waals surface area contributed by atoms with Gasteiger partial charge in [-0.05, 0) is 49.4 Å². The van der Waals surface area contributed by atoms with E-state index in [1.807, 2.05) is 54.8 Å². The van der Waals surface area contributed by atoms with Gasteiger partial charge in [-0.3, -0.25) is 0 Å². The maximum Gasteiger partial charge on any atom is 0.210 e. The number of methoxy groups -OCH3 is 2. The molecule has 0 saturated carbocycles. The molecule has 0 atom stereocenters. The Hall–Kier alpha value is -3.24. The first kappa shape index (κ1) is 22.0. The van der Waals surface area contributed by atoms with Crippen molar-refractivity contribution >= 4 is 23.1 Å². The van der Waals surface area contributed by atoms with Gasteiger partial charge in [-0.25, -0.2) is 9.66 Å². The number of thioether (sulfide) groups is 1. The molecule has 8 nitrogen and oxygen atoms in total. The number of hydrogen-bond acceptors (Lipinski definition) is 9. The molecule has 0 aliphatic rings. The van der Waals surface area contributed by atoms with Gasteiger partial charge in [0.25, 0.3) is 0 Å². The fraction of sp³-hybridized carbons (Fsp3) is 0.227. The van der Waals surface area contributed by atoms with Crippen LogP contribution in [0.1, 0.15) is 12.6 Å². The number of rotatable bonds is 9. The lowest BCUT2D eigenvalue weighted by Crippen LogP contribution is -2.11. The van der Waals surface area contributed by atoms with Crippen LogP contribution in [-0.4, -0.2) is 40.7 Å². The number of nitrogens with two attached hydrogens (primary N) is 1. The van der Waals surface area contributed by atoms with Crippen LogP contribution in [0.5, 0.6) is 17.2 Å². The van der Waals surface area contributed by atoms with Crippen LogP contribution in [0.25, 0.3) is 22.0 Å². The fourth-order valence-electron chi connectivity index (χ4n) is 3.05. The topological polar surface area (TPSA) is 97.3 Å². The normalized spacial score (nSPS) is 10.8. The average Bonchev–Trinajstić information content (AvgIpc) is 3.44. The van der Waals surface area contributed by atoms with Crippen LogP contribution in [0.3, 0.4) is 0 Å². The van der Waals surface area contributed by atoms with E-state index in [0.717, 1.165) is 27.6 Å². The second-order valence-corrected chi connectivity index (χ2v) is 8.44. The first-order valence-corrected chi connectivity index (χ1v) is 11.7. The summed E-state index contributed by atoms with van der Waals surface area (Å²) >= 11 is 3.06. The number of thiazole rings is 1. The second-order valence-electron chi connectivity index (χ2n) is 6.64. The Kier molecular flexibility index (Phi) is 6.81. The van der Waals surface area contributed by atoms with Crippen molar-refractivity contribution in [2.24, 2.45) is 0 Å². The van der Waals surface area contributed by atoms with Crippen LogP contribution >= 0.6 is 23.1 Å². The van der Waals surface area contributed by atoms with Gasteiger partial charge < -0.3 is 20.1 Å². The highest BCUT2D eigenvalue weighted by Crippen LogP contribution is 2.34. The molecule has 4 aromatic rings. The molecule has 0 spiro atoms. The van der Waals surface area contributed by atoms with E-state index in [2.05, 4.69) is 10.2 Å². The molecule has 2 heterocycles. The monoisotopic (exact) mass is 469 g/mol. The lowest BCUT2D eigenvalue weighted by molar-refractivity contribution is 0.340. The van der Waals surface area contributed by atoms with E-state index in [1.54, 1.807) is 25.6 Å². The number of hydrogen-bond donors (Lipinski definition) is 1. The minimum Gasteiger partial charge on any atom is -0.494 e. The third kappa shape index (κ3) is 4.66. The quantitative estimate of drug-likeness (QED) is 0.283. The maximum absolute atomic E-state index is 6.25. The molecule has 2 aromatic heterocycles. The molecule has 2 aromatic carbocycles. The van der Waals surface area contributed by atoms with Gasteiger partial charge >= 0.3 is 0 Å². The van der Waals surface area contributed by atoms with Crippen molar-refractivity contribution in [2.45, 2.75) is 17.8 Å². The molecule has 0 unspecified atom stereocenters. The van der Waals surface area contributed by atoms with Gasteiger partial charge in [-0.15, -0.1) is 21.5 Å². The first-order chi connectivity index (χ1) is 15.6. The molecule has 0 radical (unpaired) electrons. The molecule has 0 amide bonds. The van der Waals surface area contributed by atoms with Gasteiger partial charge in [0.15, 0.2) is 17.3 Å². The number of benzene rings is 2. The molecule has 2 N–H and O–H groups in total. The molecular formula is C22H23N5O3S2. The van der Waals surface area contributed by atoms with E-state index in [0.29, 0.717) is 34.8 Å². The predicted octanol–water partition coefficient (Wildman–Crippen LogP) is 4.49. The largest absolute Gasteiger partial charge is 0.494 e. The van der Waals surface area contributed by atoms with Crippen molar-refractivity contribution in [1.29, 1.82) is 0 Å². The van der Waals surface area contributed by atoms with E-state index in [-0.39, 0.29) is 0 Å². The summed E-state index contributed by atoms with van der Waals surface area (Å²) in [4.78, 5) is 4.74. The Labute approximate surface area is 194 Å². The van der Waals surface area contributed by atoms with E-state index in [4.69, 9.17) is 25.0 Å². The minimum atomic E-state index is 0.597. The van der Waals surface area contributed by atoms with Crippen LogP contribution in [0.2, 0.25) is 0 Å². The van der Waals surface area contributed by atoms with Crippen LogP contribution < -0.4 is 20.1 Å². The van der Waals surface area contributed by atoms with E-state index in [1.165, 1.54) is 16.4 Å². The van der Waals surface area contributed by atoms with Crippen LogP contribution in [0.4, 0.5) is 0 Å². The standard InChI is InChI=1S/C22H23N5O3S2/c1-4-30-17-8-5-14(6-9-17)20-25-26-22(27(20)23)32-13-16-12-31-21(24-16)15-7-10-18(28-2)19(11-15)29-3/h5-12H,4,13,23H2,1-3H3. The summed E-state index contributed by atoms with van der Waals surface area (Å²) in [7, 11) is 3.24. The summed E-state index contributed by atoms with van der Waals surface area (Å²) in [5, 5.41) is 12.0. The summed E-state index contributed by atoms with van der Waals surface area (Å²) < 4.78 is 17.7. The van der Waals surface area contributed by atoms with Gasteiger partial charge in [-0.1, -0.05) is 11.8 Å². The molecule has 0 aliphatic heterocycles. The fourth-order valence-corrected chi connectivity index (χ4v) is 4.72. The summed E-state index contributed by atoms with van der Waals surface area (Å²) in [6.45, 7) is 2.57. The number of nitrogens with zero attached hydrogens (tertiary/aromatic N) is 4. The van der Waals surface area contributed by atoms with Gasteiger partial charge in [0.1, 0.15) is 10.8 Å². The zero-order valence-corrected chi connectivity index (χ0v) is 19.6. The van der Waals surface area contributed by atoms with E-state index < -0.39 is 0 Å². The van der Waals surface area contributed by atoms with Gasteiger partial charge in [0.2, 0.25) is 5.16 Å². The molecule has 0 saturated heterocycles. The zero-order valence-electron chi connectivity index (χ0n) is 17.9. The summed E-state index contributed by atoms with van der Waals surface area (Å²) in [6.07, 6.45) is 0. The predicted molar refractivity (Wildman–Crippen MR) is 127 cm³/mol. The Morgan fingerprint density at radius 3 is 2.47 bits per heavy atom. The summed E-state index contributed by atoms with van der Waals surface area (Å²) in [5.74, 6) is 9.64. The highest BCUT2D eigenvalue weighted by atomic mass is 32.2. The molecule has 32 heavy (non-hydrogen) atoms. The van der Waals surface area contributed by atoms with Crippen LogP contribution in [0.15, 0.2) is 53.0 Å².